The number of amides is 2. The van der Waals surface area contributed by atoms with Crippen molar-refractivity contribution in [3.05, 3.63) is 100 Å². The van der Waals surface area contributed by atoms with Crippen LogP contribution in [0.1, 0.15) is 37.8 Å². The number of nitro benzene ring substituents is 1. The Morgan fingerprint density at radius 3 is 2.12 bits per heavy atom. The van der Waals surface area contributed by atoms with E-state index < -0.39 is 33.4 Å². The molecule has 0 spiro atoms. The van der Waals surface area contributed by atoms with Crippen LogP contribution in [0, 0.1) is 17.0 Å². The number of carbonyl (C=O) groups is 2. The van der Waals surface area contributed by atoms with E-state index in [-0.39, 0.29) is 28.7 Å². The molecule has 10 nitrogen and oxygen atoms in total. The maximum absolute atomic E-state index is 14.0. The van der Waals surface area contributed by atoms with Crippen LogP contribution in [0.3, 0.4) is 0 Å². The molecule has 0 heterocycles. The molecule has 0 aliphatic heterocycles. The summed E-state index contributed by atoms with van der Waals surface area (Å²) >= 11 is 0. The van der Waals surface area contributed by atoms with Crippen LogP contribution in [0.5, 0.6) is 0 Å². The lowest BCUT2D eigenvalue weighted by Crippen LogP contribution is -2.52. The summed E-state index contributed by atoms with van der Waals surface area (Å²) < 4.78 is 28.4. The zero-order valence-electron chi connectivity index (χ0n) is 22.8. The Balaban J connectivity index is 2.05. The van der Waals surface area contributed by atoms with Crippen LogP contribution in [-0.4, -0.2) is 49.2 Å². The maximum atomic E-state index is 14.0. The number of sulfonamides is 1. The van der Waals surface area contributed by atoms with Crippen LogP contribution in [0.15, 0.2) is 83.8 Å². The minimum Gasteiger partial charge on any atom is -0.354 e. The maximum Gasteiger partial charge on any atom is 0.269 e. The summed E-state index contributed by atoms with van der Waals surface area (Å²) in [6, 6.07) is 19.3. The molecule has 0 saturated carbocycles. The molecule has 0 aliphatic carbocycles. The second-order valence-electron chi connectivity index (χ2n) is 9.32. The number of hydrogen-bond acceptors (Lipinski definition) is 6. The number of nitrogens with zero attached hydrogens (tertiary/aromatic N) is 3. The van der Waals surface area contributed by atoms with Gasteiger partial charge in [0.1, 0.15) is 12.6 Å². The van der Waals surface area contributed by atoms with Gasteiger partial charge in [0.05, 0.1) is 15.5 Å². The van der Waals surface area contributed by atoms with Crippen LogP contribution >= 0.6 is 0 Å². The van der Waals surface area contributed by atoms with Gasteiger partial charge in [0.25, 0.3) is 15.7 Å². The molecule has 0 bridgehead atoms. The average Bonchev–Trinajstić information content (AvgIpc) is 2.96. The fourth-order valence-corrected chi connectivity index (χ4v) is 5.60. The number of rotatable bonds is 13. The summed E-state index contributed by atoms with van der Waals surface area (Å²) in [5.41, 5.74) is 1.69. The van der Waals surface area contributed by atoms with Crippen molar-refractivity contribution in [2.45, 2.75) is 51.1 Å². The lowest BCUT2D eigenvalue weighted by Gasteiger charge is -2.33. The van der Waals surface area contributed by atoms with E-state index in [4.69, 9.17) is 0 Å². The van der Waals surface area contributed by atoms with Crippen molar-refractivity contribution in [3.63, 3.8) is 0 Å². The lowest BCUT2D eigenvalue weighted by atomic mass is 10.1. The molecular weight excluding hydrogens is 532 g/mol. The topological polar surface area (TPSA) is 130 Å². The van der Waals surface area contributed by atoms with Crippen molar-refractivity contribution in [1.82, 2.24) is 10.2 Å². The number of hydrogen-bond donors (Lipinski definition) is 1. The number of benzene rings is 3. The zero-order chi connectivity index (χ0) is 29.3. The molecule has 2 amide bonds. The number of nitro groups is 1. The Bertz CT molecular complexity index is 1410. The molecule has 40 heavy (non-hydrogen) atoms. The molecule has 0 radical (unpaired) electrons. The molecule has 1 N–H and O–H groups in total. The average molecular weight is 567 g/mol. The normalized spacial score (nSPS) is 11.9. The third kappa shape index (κ3) is 7.44. The van der Waals surface area contributed by atoms with Crippen molar-refractivity contribution in [2.75, 3.05) is 17.4 Å². The Morgan fingerprint density at radius 2 is 1.57 bits per heavy atom. The fraction of sp³-hybridized carbons (Fsp3) is 0.310. The molecule has 1 atom stereocenters. The summed E-state index contributed by atoms with van der Waals surface area (Å²) in [6.07, 6.45) is 1.04. The summed E-state index contributed by atoms with van der Waals surface area (Å²) in [6.45, 7) is 5.58. The quantitative estimate of drug-likeness (QED) is 0.241. The first kappa shape index (κ1) is 30.3. The number of anilines is 1. The number of aryl methyl sites for hydroxylation is 1. The molecule has 0 saturated heterocycles. The van der Waals surface area contributed by atoms with Crippen LogP contribution in [0.4, 0.5) is 11.4 Å². The van der Waals surface area contributed by atoms with Crippen molar-refractivity contribution in [1.29, 1.82) is 0 Å². The van der Waals surface area contributed by atoms with Crippen LogP contribution in [0.25, 0.3) is 0 Å². The van der Waals surface area contributed by atoms with Gasteiger partial charge < -0.3 is 10.2 Å². The van der Waals surface area contributed by atoms with Gasteiger partial charge in [-0.1, -0.05) is 61.9 Å². The van der Waals surface area contributed by atoms with Crippen LogP contribution < -0.4 is 9.62 Å². The highest BCUT2D eigenvalue weighted by Gasteiger charge is 2.33. The van der Waals surface area contributed by atoms with Gasteiger partial charge in [-0.25, -0.2) is 8.42 Å². The van der Waals surface area contributed by atoms with E-state index in [1.54, 1.807) is 25.1 Å². The van der Waals surface area contributed by atoms with Crippen molar-refractivity contribution in [3.8, 4) is 0 Å². The van der Waals surface area contributed by atoms with Gasteiger partial charge in [-0.3, -0.25) is 24.0 Å². The summed E-state index contributed by atoms with van der Waals surface area (Å²) in [5, 5.41) is 14.0. The zero-order valence-corrected chi connectivity index (χ0v) is 23.6. The molecular formula is C29H34N4O6S. The smallest absolute Gasteiger partial charge is 0.269 e. The predicted octanol–water partition coefficient (Wildman–Crippen LogP) is 4.43. The Kier molecular flexibility index (Phi) is 10.4. The van der Waals surface area contributed by atoms with Gasteiger partial charge in [-0.05, 0) is 49.6 Å². The van der Waals surface area contributed by atoms with Gasteiger partial charge in [0.2, 0.25) is 11.8 Å². The standard InChI is InChI=1S/C29H34N4O6S/c1-4-19-30-29(35)27(5-2)31(20-23-13-11-22(3)12-14-23)28(34)21-32(24-15-17-25(18-16-24)33(36)37)40(38,39)26-9-7-6-8-10-26/h6-18,27H,4-5,19-21H2,1-3H3,(H,30,35)/t27-/m1/s1. The van der Waals surface area contributed by atoms with E-state index in [1.807, 2.05) is 38.1 Å². The third-order valence-corrected chi connectivity index (χ3v) is 8.16. The Labute approximate surface area is 234 Å². The fourth-order valence-electron chi connectivity index (χ4n) is 4.16. The highest BCUT2D eigenvalue weighted by atomic mass is 32.2. The van der Waals surface area contributed by atoms with E-state index in [2.05, 4.69) is 5.32 Å². The molecule has 0 unspecified atom stereocenters. The minimum absolute atomic E-state index is 0.0426. The summed E-state index contributed by atoms with van der Waals surface area (Å²) in [5.74, 6) is -0.908. The van der Waals surface area contributed by atoms with E-state index in [9.17, 15) is 28.1 Å². The van der Waals surface area contributed by atoms with Gasteiger partial charge >= 0.3 is 0 Å². The molecule has 3 rings (SSSR count). The summed E-state index contributed by atoms with van der Waals surface area (Å²) in [7, 11) is -4.25. The first-order chi connectivity index (χ1) is 19.1. The molecule has 212 valence electrons. The summed E-state index contributed by atoms with van der Waals surface area (Å²) in [4.78, 5) is 39.0. The van der Waals surface area contributed by atoms with Crippen LogP contribution in [0.2, 0.25) is 0 Å². The highest BCUT2D eigenvalue weighted by Crippen LogP contribution is 2.26. The van der Waals surface area contributed by atoms with E-state index in [0.29, 0.717) is 13.0 Å². The molecule has 0 aromatic heterocycles. The first-order valence-corrected chi connectivity index (χ1v) is 14.5. The molecule has 3 aromatic rings. The number of nitrogens with one attached hydrogen (secondary N) is 1. The second-order valence-corrected chi connectivity index (χ2v) is 11.2. The monoisotopic (exact) mass is 566 g/mol. The number of carbonyl (C=O) groups excluding carboxylic acids is 2. The second kappa shape index (κ2) is 13.7. The van der Waals surface area contributed by atoms with Gasteiger partial charge in [0, 0.05) is 25.2 Å². The highest BCUT2D eigenvalue weighted by molar-refractivity contribution is 7.92. The van der Waals surface area contributed by atoms with E-state index >= 15 is 0 Å². The molecule has 3 aromatic carbocycles. The molecule has 11 heteroatoms. The number of non-ortho nitro benzene ring substituents is 1. The third-order valence-electron chi connectivity index (χ3n) is 6.37. The lowest BCUT2D eigenvalue weighted by molar-refractivity contribution is -0.384. The van der Waals surface area contributed by atoms with E-state index in [0.717, 1.165) is 21.9 Å². The SMILES string of the molecule is CCCNC(=O)[C@@H](CC)N(Cc1ccc(C)cc1)C(=O)CN(c1ccc([N+](=O)[O-])cc1)S(=O)(=O)c1ccccc1. The molecule has 0 aliphatic rings. The van der Waals surface area contributed by atoms with Gasteiger partial charge in [-0.15, -0.1) is 0 Å². The predicted molar refractivity (Wildman–Crippen MR) is 153 cm³/mol. The van der Waals surface area contributed by atoms with Crippen molar-refractivity contribution >= 4 is 33.2 Å². The first-order valence-electron chi connectivity index (χ1n) is 13.0. The Hall–Kier alpha value is -4.25. The van der Waals surface area contributed by atoms with Gasteiger partial charge in [-0.2, -0.15) is 0 Å². The van der Waals surface area contributed by atoms with Crippen molar-refractivity contribution in [2.24, 2.45) is 0 Å². The Morgan fingerprint density at radius 1 is 0.950 bits per heavy atom. The van der Waals surface area contributed by atoms with Gasteiger partial charge in [0.15, 0.2) is 0 Å². The van der Waals surface area contributed by atoms with E-state index in [1.165, 1.54) is 41.3 Å². The van der Waals surface area contributed by atoms with Crippen molar-refractivity contribution < 1.29 is 22.9 Å². The minimum atomic E-state index is -4.25. The largest absolute Gasteiger partial charge is 0.354 e. The van der Waals surface area contributed by atoms with Crippen LogP contribution in [-0.2, 0) is 26.2 Å². The molecule has 0 fully saturated rings.